The van der Waals surface area contributed by atoms with Crippen LogP contribution in [-0.2, 0) is 12.8 Å². The molecule has 4 nitrogen and oxygen atoms in total. The lowest BCUT2D eigenvalue weighted by atomic mass is 9.88. The average Bonchev–Trinajstić information content (AvgIpc) is 2.97. The maximum absolute atomic E-state index is 5.81. The van der Waals surface area contributed by atoms with E-state index in [9.17, 15) is 0 Å². The summed E-state index contributed by atoms with van der Waals surface area (Å²) >= 11 is 0. The Labute approximate surface area is 112 Å². The topological polar surface area (TPSA) is 60.4 Å². The van der Waals surface area contributed by atoms with Gasteiger partial charge in [-0.05, 0) is 30.2 Å². The van der Waals surface area contributed by atoms with Crippen molar-refractivity contribution in [1.29, 1.82) is 0 Å². The summed E-state index contributed by atoms with van der Waals surface area (Å²) in [6.07, 6.45) is 3.45. The number of benzene rings is 1. The van der Waals surface area contributed by atoms with Gasteiger partial charge < -0.3 is 9.15 Å². The van der Waals surface area contributed by atoms with Gasteiger partial charge in [0.2, 0.25) is 0 Å². The summed E-state index contributed by atoms with van der Waals surface area (Å²) in [5.41, 5.74) is 4.15. The van der Waals surface area contributed by atoms with E-state index >= 15 is 0 Å². The molecule has 0 fully saturated rings. The summed E-state index contributed by atoms with van der Waals surface area (Å²) in [6.45, 7) is 0.687. The van der Waals surface area contributed by atoms with Crippen LogP contribution >= 0.6 is 0 Å². The van der Waals surface area contributed by atoms with Crippen LogP contribution in [0, 0.1) is 5.92 Å². The molecule has 0 amide bonds. The molecule has 2 unspecified atom stereocenters. The molecule has 2 heterocycles. The van der Waals surface area contributed by atoms with Crippen LogP contribution in [0.25, 0.3) is 0 Å². The Hall–Kier alpha value is -1.78. The molecule has 0 aliphatic carbocycles. The Morgan fingerprint density at radius 3 is 2.95 bits per heavy atom. The number of rotatable bonds is 4. The monoisotopic (exact) mass is 258 g/mol. The molecule has 2 aromatic rings. The fraction of sp³-hybridized carbons (Fsp3) is 0.333. The molecule has 0 saturated carbocycles. The van der Waals surface area contributed by atoms with E-state index in [4.69, 9.17) is 15.0 Å². The number of para-hydroxylation sites is 1. The standard InChI is InChI=1S/C15H18N2O2/c16-17-14(9-13-5-3-7-18-13)12-8-11-4-1-2-6-15(11)19-10-12/h1-7,12,14,17H,8-10,16H2. The molecular formula is C15H18N2O2. The van der Waals surface area contributed by atoms with Crippen LogP contribution in [-0.4, -0.2) is 12.6 Å². The van der Waals surface area contributed by atoms with Gasteiger partial charge in [-0.15, -0.1) is 0 Å². The number of nitrogens with two attached hydrogens (primary N) is 1. The largest absolute Gasteiger partial charge is 0.493 e. The van der Waals surface area contributed by atoms with Crippen molar-refractivity contribution in [3.63, 3.8) is 0 Å². The van der Waals surface area contributed by atoms with Crippen molar-refractivity contribution < 1.29 is 9.15 Å². The van der Waals surface area contributed by atoms with Gasteiger partial charge in [-0.3, -0.25) is 11.3 Å². The number of furan rings is 1. The molecule has 0 bridgehead atoms. The molecule has 1 aliphatic rings. The molecule has 3 rings (SSSR count). The number of fused-ring (bicyclic) bond motifs is 1. The van der Waals surface area contributed by atoms with Gasteiger partial charge in [0.1, 0.15) is 11.5 Å². The van der Waals surface area contributed by atoms with E-state index in [1.54, 1.807) is 6.26 Å². The van der Waals surface area contributed by atoms with Crippen LogP contribution in [0.15, 0.2) is 47.1 Å². The van der Waals surface area contributed by atoms with Crippen molar-refractivity contribution in [2.24, 2.45) is 11.8 Å². The van der Waals surface area contributed by atoms with Gasteiger partial charge in [0.15, 0.2) is 0 Å². The summed E-state index contributed by atoms with van der Waals surface area (Å²) in [4.78, 5) is 0. The van der Waals surface area contributed by atoms with Crippen molar-refractivity contribution in [2.45, 2.75) is 18.9 Å². The maximum atomic E-state index is 5.81. The zero-order chi connectivity index (χ0) is 13.1. The molecule has 3 N–H and O–H groups in total. The fourth-order valence-electron chi connectivity index (χ4n) is 2.62. The third kappa shape index (κ3) is 2.64. The van der Waals surface area contributed by atoms with E-state index in [0.29, 0.717) is 12.5 Å². The minimum absolute atomic E-state index is 0.152. The highest BCUT2D eigenvalue weighted by molar-refractivity contribution is 5.35. The highest BCUT2D eigenvalue weighted by atomic mass is 16.5. The number of hydrazine groups is 1. The molecule has 2 atom stereocenters. The third-order valence-corrected chi connectivity index (χ3v) is 3.69. The van der Waals surface area contributed by atoms with Crippen LogP contribution in [0.3, 0.4) is 0 Å². The Morgan fingerprint density at radius 2 is 2.16 bits per heavy atom. The predicted octanol–water partition coefficient (Wildman–Crippen LogP) is 1.91. The molecule has 1 aromatic heterocycles. The van der Waals surface area contributed by atoms with Gasteiger partial charge in [-0.25, -0.2) is 0 Å². The van der Waals surface area contributed by atoms with E-state index in [2.05, 4.69) is 11.5 Å². The molecule has 1 aromatic carbocycles. The normalized spacial score (nSPS) is 19.5. The van der Waals surface area contributed by atoms with Crippen LogP contribution in [0.4, 0.5) is 0 Å². The van der Waals surface area contributed by atoms with Crippen LogP contribution < -0.4 is 16.0 Å². The summed E-state index contributed by atoms with van der Waals surface area (Å²) in [7, 11) is 0. The average molecular weight is 258 g/mol. The molecule has 0 radical (unpaired) electrons. The number of hydrogen-bond acceptors (Lipinski definition) is 4. The second-order valence-corrected chi connectivity index (χ2v) is 4.94. The van der Waals surface area contributed by atoms with Gasteiger partial charge in [0.05, 0.1) is 12.9 Å². The predicted molar refractivity (Wildman–Crippen MR) is 72.7 cm³/mol. The minimum Gasteiger partial charge on any atom is -0.493 e. The molecule has 4 heteroatoms. The van der Waals surface area contributed by atoms with Gasteiger partial charge in [-0.1, -0.05) is 18.2 Å². The summed E-state index contributed by atoms with van der Waals surface area (Å²) in [6, 6.07) is 12.2. The number of hydrogen-bond donors (Lipinski definition) is 2. The molecule has 0 spiro atoms. The molecular weight excluding hydrogens is 240 g/mol. The number of nitrogens with one attached hydrogen (secondary N) is 1. The van der Waals surface area contributed by atoms with Gasteiger partial charge >= 0.3 is 0 Å². The summed E-state index contributed by atoms with van der Waals surface area (Å²) in [5, 5.41) is 0. The van der Waals surface area contributed by atoms with Gasteiger partial charge in [0.25, 0.3) is 0 Å². The maximum Gasteiger partial charge on any atom is 0.122 e. The third-order valence-electron chi connectivity index (χ3n) is 3.69. The first-order valence-electron chi connectivity index (χ1n) is 6.56. The number of ether oxygens (including phenoxy) is 1. The Morgan fingerprint density at radius 1 is 1.26 bits per heavy atom. The van der Waals surface area contributed by atoms with Crippen molar-refractivity contribution in [3.05, 3.63) is 54.0 Å². The second-order valence-electron chi connectivity index (χ2n) is 4.94. The van der Waals surface area contributed by atoms with Gasteiger partial charge in [0, 0.05) is 18.4 Å². The summed E-state index contributed by atoms with van der Waals surface area (Å²) < 4.78 is 11.2. The van der Waals surface area contributed by atoms with E-state index in [-0.39, 0.29) is 6.04 Å². The Kier molecular flexibility index (Phi) is 3.53. The smallest absolute Gasteiger partial charge is 0.122 e. The molecule has 0 saturated heterocycles. The molecule has 100 valence electrons. The molecule has 1 aliphatic heterocycles. The Bertz CT molecular complexity index is 525. The zero-order valence-electron chi connectivity index (χ0n) is 10.7. The lowest BCUT2D eigenvalue weighted by Gasteiger charge is -2.30. The van der Waals surface area contributed by atoms with Crippen molar-refractivity contribution >= 4 is 0 Å². The van der Waals surface area contributed by atoms with Crippen LogP contribution in [0.5, 0.6) is 5.75 Å². The van der Waals surface area contributed by atoms with Gasteiger partial charge in [-0.2, -0.15) is 0 Å². The molecule has 19 heavy (non-hydrogen) atoms. The van der Waals surface area contributed by atoms with Crippen molar-refractivity contribution in [2.75, 3.05) is 6.61 Å². The first-order chi connectivity index (χ1) is 9.36. The Balaban J connectivity index is 1.72. The first-order valence-corrected chi connectivity index (χ1v) is 6.56. The quantitative estimate of drug-likeness (QED) is 0.649. The van der Waals surface area contributed by atoms with E-state index in [0.717, 1.165) is 24.4 Å². The van der Waals surface area contributed by atoms with E-state index in [1.165, 1.54) is 5.56 Å². The van der Waals surface area contributed by atoms with E-state index < -0.39 is 0 Å². The fourth-order valence-corrected chi connectivity index (χ4v) is 2.62. The van der Waals surface area contributed by atoms with Crippen LogP contribution in [0.1, 0.15) is 11.3 Å². The lowest BCUT2D eigenvalue weighted by Crippen LogP contribution is -2.46. The zero-order valence-corrected chi connectivity index (χ0v) is 10.7. The highest BCUT2D eigenvalue weighted by Crippen LogP contribution is 2.29. The SMILES string of the molecule is NNC(Cc1ccco1)C1COc2ccccc2C1. The second kappa shape index (κ2) is 5.47. The van der Waals surface area contributed by atoms with Crippen molar-refractivity contribution in [1.82, 2.24) is 5.43 Å². The summed E-state index contributed by atoms with van der Waals surface area (Å²) in [5.74, 6) is 7.98. The first kappa shape index (κ1) is 12.3. The van der Waals surface area contributed by atoms with Crippen molar-refractivity contribution in [3.8, 4) is 5.75 Å². The minimum atomic E-state index is 0.152. The van der Waals surface area contributed by atoms with Crippen LogP contribution in [0.2, 0.25) is 0 Å². The lowest BCUT2D eigenvalue weighted by molar-refractivity contribution is 0.180. The van der Waals surface area contributed by atoms with E-state index in [1.807, 2.05) is 30.3 Å². The highest BCUT2D eigenvalue weighted by Gasteiger charge is 2.27.